The molecule has 0 fully saturated rings. The topological polar surface area (TPSA) is 72.2 Å². The van der Waals surface area contributed by atoms with Crippen molar-refractivity contribution in [2.75, 3.05) is 32.9 Å². The smallest absolute Gasteiger partial charge is 0.249 e. The number of carbonyl (C=O) groups excluding carboxylic acids is 2. The number of hydrogen-bond acceptors (Lipinski definition) is 5. The summed E-state index contributed by atoms with van der Waals surface area (Å²) in [6.07, 6.45) is 0.640. The summed E-state index contributed by atoms with van der Waals surface area (Å²) in [5, 5.41) is 0. The lowest BCUT2D eigenvalue weighted by molar-refractivity contribution is -0.144. The van der Waals surface area contributed by atoms with E-state index in [-0.39, 0.29) is 25.0 Å². The highest BCUT2D eigenvalue weighted by Crippen LogP contribution is 2.14. The Morgan fingerprint density at radius 3 is 2.14 bits per heavy atom. The molecule has 36 heavy (non-hydrogen) atoms. The molecule has 0 saturated heterocycles. The first-order valence-electron chi connectivity index (χ1n) is 12.4. The first-order chi connectivity index (χ1) is 17.5. The van der Waals surface area contributed by atoms with Crippen LogP contribution in [0.25, 0.3) is 0 Å². The van der Waals surface area contributed by atoms with Crippen LogP contribution in [0.15, 0.2) is 77.2 Å². The second-order valence-electron chi connectivity index (χ2n) is 8.59. The van der Waals surface area contributed by atoms with E-state index < -0.39 is 0 Å². The van der Waals surface area contributed by atoms with Gasteiger partial charge in [-0.3, -0.25) is 9.59 Å². The molecule has 3 rings (SSSR count). The number of amides is 2. The van der Waals surface area contributed by atoms with Crippen LogP contribution in [0.2, 0.25) is 0 Å². The molecule has 0 bridgehead atoms. The Balaban J connectivity index is 1.66. The molecule has 7 heteroatoms. The molecule has 1 aromatic heterocycles. The highest BCUT2D eigenvalue weighted by molar-refractivity contribution is 5.85. The fraction of sp³-hybridized carbons (Fsp3) is 0.379. The minimum absolute atomic E-state index is 0.0355. The minimum Gasteiger partial charge on any atom is -0.464 e. The maximum absolute atomic E-state index is 13.5. The van der Waals surface area contributed by atoms with Gasteiger partial charge >= 0.3 is 0 Å². The highest BCUT2D eigenvalue weighted by atomic mass is 16.5. The summed E-state index contributed by atoms with van der Waals surface area (Å²) < 4.78 is 16.8. The van der Waals surface area contributed by atoms with Gasteiger partial charge in [-0.15, -0.1) is 0 Å². The zero-order valence-corrected chi connectivity index (χ0v) is 21.2. The summed E-state index contributed by atoms with van der Waals surface area (Å²) >= 11 is 0. The monoisotopic (exact) mass is 492 g/mol. The molecule has 0 aliphatic rings. The summed E-state index contributed by atoms with van der Waals surface area (Å²) in [6, 6.07) is 23.3. The number of ether oxygens (including phenoxy) is 2. The lowest BCUT2D eigenvalue weighted by atomic mass is 10.2. The molecule has 1 heterocycles. The predicted octanol–water partition coefficient (Wildman–Crippen LogP) is 4.59. The second kappa shape index (κ2) is 14.9. The van der Waals surface area contributed by atoms with Gasteiger partial charge in [0.1, 0.15) is 18.1 Å². The molecule has 0 spiro atoms. The molecule has 2 aromatic carbocycles. The molecule has 2 amide bonds. The Kier molecular flexibility index (Phi) is 11.2. The Morgan fingerprint density at radius 1 is 0.806 bits per heavy atom. The average Bonchev–Trinajstić information content (AvgIpc) is 3.31. The van der Waals surface area contributed by atoms with Crippen molar-refractivity contribution in [3.8, 4) is 0 Å². The van der Waals surface area contributed by atoms with Crippen molar-refractivity contribution < 1.29 is 23.5 Å². The van der Waals surface area contributed by atoms with Gasteiger partial charge in [0.05, 0.1) is 19.7 Å². The first kappa shape index (κ1) is 27.2. The van der Waals surface area contributed by atoms with Crippen molar-refractivity contribution in [3.63, 3.8) is 0 Å². The molecule has 0 atom stereocenters. The SMILES string of the molecule is CCOCCCN(CC(=O)N(Cc1ccccc1)Cc1ccc(C)o1)C(=O)COCc1ccccc1. The Bertz CT molecular complexity index is 1050. The van der Waals surface area contributed by atoms with Crippen LogP contribution in [-0.2, 0) is 38.8 Å². The number of carbonyl (C=O) groups is 2. The van der Waals surface area contributed by atoms with Crippen LogP contribution in [0.4, 0.5) is 0 Å². The van der Waals surface area contributed by atoms with Gasteiger partial charge < -0.3 is 23.7 Å². The summed E-state index contributed by atoms with van der Waals surface area (Å²) in [5.74, 6) is 1.13. The van der Waals surface area contributed by atoms with Crippen LogP contribution in [0.3, 0.4) is 0 Å². The van der Waals surface area contributed by atoms with Crippen molar-refractivity contribution in [1.82, 2.24) is 9.80 Å². The molecule has 0 aliphatic heterocycles. The Morgan fingerprint density at radius 2 is 1.50 bits per heavy atom. The van der Waals surface area contributed by atoms with E-state index in [1.807, 2.05) is 86.6 Å². The van der Waals surface area contributed by atoms with E-state index in [1.165, 1.54) is 0 Å². The van der Waals surface area contributed by atoms with Crippen molar-refractivity contribution in [2.24, 2.45) is 0 Å². The lowest BCUT2D eigenvalue weighted by Gasteiger charge is -2.27. The van der Waals surface area contributed by atoms with Crippen LogP contribution < -0.4 is 0 Å². The van der Waals surface area contributed by atoms with Gasteiger partial charge in [-0.25, -0.2) is 0 Å². The summed E-state index contributed by atoms with van der Waals surface area (Å²) in [5.41, 5.74) is 2.00. The average molecular weight is 493 g/mol. The van der Waals surface area contributed by atoms with Crippen molar-refractivity contribution in [2.45, 2.75) is 40.0 Å². The number of benzene rings is 2. The number of aryl methyl sites for hydroxylation is 1. The minimum atomic E-state index is -0.218. The Labute approximate surface area is 213 Å². The van der Waals surface area contributed by atoms with E-state index in [0.717, 1.165) is 16.9 Å². The van der Waals surface area contributed by atoms with Crippen molar-refractivity contribution in [3.05, 3.63) is 95.4 Å². The van der Waals surface area contributed by atoms with Gasteiger partial charge in [0, 0.05) is 26.3 Å². The number of rotatable bonds is 15. The van der Waals surface area contributed by atoms with Crippen LogP contribution in [0, 0.1) is 6.92 Å². The highest BCUT2D eigenvalue weighted by Gasteiger charge is 2.22. The lowest BCUT2D eigenvalue weighted by Crippen LogP contribution is -2.44. The quantitative estimate of drug-likeness (QED) is 0.290. The molecule has 0 saturated carbocycles. The third-order valence-corrected chi connectivity index (χ3v) is 5.65. The van der Waals surface area contributed by atoms with Gasteiger partial charge in [0.2, 0.25) is 11.8 Å². The predicted molar refractivity (Wildman–Crippen MR) is 138 cm³/mol. The molecule has 0 N–H and O–H groups in total. The number of furan rings is 1. The van der Waals surface area contributed by atoms with E-state index in [9.17, 15) is 9.59 Å². The van der Waals surface area contributed by atoms with E-state index in [1.54, 1.807) is 9.80 Å². The molecule has 192 valence electrons. The van der Waals surface area contributed by atoms with Crippen LogP contribution in [0.5, 0.6) is 0 Å². The van der Waals surface area contributed by atoms with Crippen LogP contribution in [0.1, 0.15) is 36.0 Å². The summed E-state index contributed by atoms with van der Waals surface area (Å²) in [6.45, 7) is 6.32. The Hall–Kier alpha value is -3.42. The molecular weight excluding hydrogens is 456 g/mol. The fourth-order valence-corrected chi connectivity index (χ4v) is 3.77. The summed E-state index contributed by atoms with van der Waals surface area (Å²) in [4.78, 5) is 29.8. The van der Waals surface area contributed by atoms with Crippen molar-refractivity contribution >= 4 is 11.8 Å². The van der Waals surface area contributed by atoms with E-state index >= 15 is 0 Å². The van der Waals surface area contributed by atoms with Crippen LogP contribution in [-0.4, -0.2) is 54.5 Å². The van der Waals surface area contributed by atoms with Gasteiger partial charge in [-0.1, -0.05) is 60.7 Å². The maximum atomic E-state index is 13.5. The first-order valence-corrected chi connectivity index (χ1v) is 12.4. The molecule has 7 nitrogen and oxygen atoms in total. The molecule has 0 aliphatic carbocycles. The molecule has 0 radical (unpaired) electrons. The molecular formula is C29H36N2O5. The third kappa shape index (κ3) is 9.32. The molecule has 0 unspecified atom stereocenters. The van der Waals surface area contributed by atoms with Gasteiger partial charge in [0.15, 0.2) is 0 Å². The maximum Gasteiger partial charge on any atom is 0.249 e. The van der Waals surface area contributed by atoms with E-state index in [4.69, 9.17) is 13.9 Å². The van der Waals surface area contributed by atoms with Gasteiger partial charge in [0.25, 0.3) is 0 Å². The van der Waals surface area contributed by atoms with E-state index in [0.29, 0.717) is 51.6 Å². The zero-order chi connectivity index (χ0) is 25.6. The largest absolute Gasteiger partial charge is 0.464 e. The molecule has 3 aromatic rings. The fourth-order valence-electron chi connectivity index (χ4n) is 3.77. The van der Waals surface area contributed by atoms with Gasteiger partial charge in [-0.2, -0.15) is 0 Å². The van der Waals surface area contributed by atoms with E-state index in [2.05, 4.69) is 0 Å². The van der Waals surface area contributed by atoms with Crippen LogP contribution >= 0.6 is 0 Å². The van der Waals surface area contributed by atoms with Crippen molar-refractivity contribution in [1.29, 1.82) is 0 Å². The normalized spacial score (nSPS) is 10.8. The summed E-state index contributed by atoms with van der Waals surface area (Å²) in [7, 11) is 0. The second-order valence-corrected chi connectivity index (χ2v) is 8.59. The third-order valence-electron chi connectivity index (χ3n) is 5.65. The van der Waals surface area contributed by atoms with Gasteiger partial charge in [-0.05, 0) is 43.5 Å². The zero-order valence-electron chi connectivity index (χ0n) is 21.2. The number of nitrogens with zero attached hydrogens (tertiary/aromatic N) is 2. The standard InChI is InChI=1S/C29H36N2O5/c1-3-34-18-10-17-30(29(33)23-35-22-26-13-8-5-9-14-26)21-28(32)31(19-25-11-6-4-7-12-25)20-27-16-15-24(2)36-27/h4-9,11-16H,3,10,17-23H2,1-2H3. The number of hydrogen-bond donors (Lipinski definition) is 0.